The Bertz CT molecular complexity index is 1730. The van der Waals surface area contributed by atoms with E-state index in [9.17, 15) is 16.8 Å². The molecule has 1 fully saturated rings. The number of sulfonamides is 2. The Labute approximate surface area is 394 Å². The van der Waals surface area contributed by atoms with E-state index in [1.165, 1.54) is 103 Å². The molecule has 0 saturated heterocycles. The minimum absolute atomic E-state index is 0.216. The highest BCUT2D eigenvalue weighted by atomic mass is 32.2. The second-order valence-electron chi connectivity index (χ2n) is 18.7. The third kappa shape index (κ3) is 19.6. The van der Waals surface area contributed by atoms with E-state index >= 15 is 0 Å². The van der Waals surface area contributed by atoms with Gasteiger partial charge in [-0.05, 0) is 113 Å². The summed E-state index contributed by atoms with van der Waals surface area (Å²) in [6.45, 7) is 17.6. The predicted molar refractivity (Wildman–Crippen MR) is 275 cm³/mol. The average Bonchev–Trinajstić information content (AvgIpc) is 3.28. The number of benzene rings is 2. The maximum atomic E-state index is 14.6. The van der Waals surface area contributed by atoms with Crippen LogP contribution < -0.4 is 0 Å². The predicted octanol–water partition coefficient (Wildman–Crippen LogP) is 15.9. The average molecular weight is 919 g/mol. The minimum Gasteiger partial charge on any atom is -0.207 e. The zero-order valence-electron chi connectivity index (χ0n) is 41.1. The fourth-order valence-electron chi connectivity index (χ4n) is 8.87. The van der Waals surface area contributed by atoms with Crippen LogP contribution in [-0.2, 0) is 20.0 Å². The van der Waals surface area contributed by atoms with Gasteiger partial charge in [0, 0.05) is 13.1 Å². The number of unbranched alkanes of at least 4 members (excludes halogenated alkanes) is 24. The van der Waals surface area contributed by atoms with Crippen molar-refractivity contribution in [2.75, 3.05) is 13.1 Å². The standard InChI is InChI=1S/C56H90N2O4S2/c1-7-9-11-13-15-17-19-21-23-25-27-29-31-33-35-37-47-57(63(59,60)53-43-39-49(3)40-44-53)55-51(5)52(6)56(55)58(64(61,62)54-45-41-50(4)42-46-54)48-38-36-34-32-30-28-26-24-22-20-18-16-14-12-10-8-2/h21-24,39-46,55-56H,5-20,25-38,47-48H2,1-4H3/b23-21-,24-22-/t55-,56-/m0/s1. The Morgan fingerprint density at radius 1 is 0.406 bits per heavy atom. The minimum atomic E-state index is -3.99. The fraction of sp³-hybridized carbons (Fsp3) is 0.643. The van der Waals surface area contributed by atoms with Gasteiger partial charge in [-0.2, -0.15) is 8.61 Å². The lowest BCUT2D eigenvalue weighted by molar-refractivity contribution is 0.199. The van der Waals surface area contributed by atoms with Crippen molar-refractivity contribution >= 4 is 20.0 Å². The number of aryl methyl sites for hydroxylation is 2. The molecule has 6 nitrogen and oxygen atoms in total. The molecule has 0 heterocycles. The van der Waals surface area contributed by atoms with E-state index in [2.05, 4.69) is 51.3 Å². The number of hydrogen-bond acceptors (Lipinski definition) is 4. The van der Waals surface area contributed by atoms with Gasteiger partial charge >= 0.3 is 0 Å². The van der Waals surface area contributed by atoms with Crippen molar-refractivity contribution in [3.8, 4) is 0 Å². The quantitative estimate of drug-likeness (QED) is 0.0497. The molecule has 0 radical (unpaired) electrons. The largest absolute Gasteiger partial charge is 0.243 e. The van der Waals surface area contributed by atoms with Crippen LogP contribution >= 0.6 is 0 Å². The molecule has 64 heavy (non-hydrogen) atoms. The van der Waals surface area contributed by atoms with Gasteiger partial charge in [0.15, 0.2) is 0 Å². The first kappa shape index (κ1) is 55.5. The molecule has 0 bridgehead atoms. The molecular weight excluding hydrogens is 829 g/mol. The molecule has 0 aromatic heterocycles. The summed E-state index contributed by atoms with van der Waals surface area (Å²) in [5, 5.41) is 0. The second kappa shape index (κ2) is 32.0. The lowest BCUT2D eigenvalue weighted by Gasteiger charge is -2.51. The van der Waals surface area contributed by atoms with Crippen LogP contribution in [0.2, 0.25) is 0 Å². The van der Waals surface area contributed by atoms with Gasteiger partial charge in [-0.15, -0.1) is 0 Å². The monoisotopic (exact) mass is 919 g/mol. The van der Waals surface area contributed by atoms with Crippen molar-refractivity contribution in [2.24, 2.45) is 0 Å². The van der Waals surface area contributed by atoms with E-state index < -0.39 is 32.1 Å². The van der Waals surface area contributed by atoms with Crippen LogP contribution in [0.15, 0.2) is 107 Å². The molecule has 0 spiro atoms. The summed E-state index contributed by atoms with van der Waals surface area (Å²) in [4.78, 5) is 0.431. The van der Waals surface area contributed by atoms with Crippen molar-refractivity contribution in [2.45, 2.75) is 229 Å². The van der Waals surface area contributed by atoms with E-state index in [0.29, 0.717) is 24.0 Å². The maximum absolute atomic E-state index is 14.6. The second-order valence-corrected chi connectivity index (χ2v) is 22.5. The molecule has 2 aromatic carbocycles. The number of hydrogen-bond donors (Lipinski definition) is 0. The topological polar surface area (TPSA) is 74.8 Å². The van der Waals surface area contributed by atoms with E-state index in [1.54, 1.807) is 32.9 Å². The lowest BCUT2D eigenvalue weighted by Crippen LogP contribution is -2.63. The Hall–Kier alpha value is -2.78. The number of allylic oxidation sites excluding steroid dienone is 4. The van der Waals surface area contributed by atoms with Crippen LogP contribution in [0.5, 0.6) is 0 Å². The Kier molecular flexibility index (Phi) is 27.8. The van der Waals surface area contributed by atoms with Crippen LogP contribution in [-0.4, -0.2) is 50.6 Å². The lowest BCUT2D eigenvalue weighted by atomic mass is 9.76. The molecule has 1 aliphatic rings. The van der Waals surface area contributed by atoms with Gasteiger partial charge in [0.1, 0.15) is 0 Å². The zero-order chi connectivity index (χ0) is 46.5. The van der Waals surface area contributed by atoms with Crippen molar-refractivity contribution in [1.29, 1.82) is 0 Å². The molecule has 0 N–H and O–H groups in total. The third-order valence-corrected chi connectivity index (χ3v) is 16.9. The fourth-order valence-corrected chi connectivity index (χ4v) is 12.2. The SMILES string of the molecule is C=C1C(=C)[C@H](N(CCCCCCCC/C=C\CCCCCCCC)S(=O)(=O)c2ccc(C)cc2)[C@H]1N(CCCCCCCC/C=C\CCCCCCCC)S(=O)(=O)c1ccc(C)cc1. The Morgan fingerprint density at radius 2 is 0.656 bits per heavy atom. The maximum Gasteiger partial charge on any atom is 0.243 e. The van der Waals surface area contributed by atoms with Gasteiger partial charge in [0.25, 0.3) is 0 Å². The van der Waals surface area contributed by atoms with Gasteiger partial charge in [0.2, 0.25) is 20.0 Å². The summed E-state index contributed by atoms with van der Waals surface area (Å²) >= 11 is 0. The van der Waals surface area contributed by atoms with Crippen LogP contribution in [0.25, 0.3) is 0 Å². The number of nitrogens with zero attached hydrogens (tertiary/aromatic N) is 2. The van der Waals surface area contributed by atoms with Gasteiger partial charge < -0.3 is 0 Å². The summed E-state index contributed by atoms with van der Waals surface area (Å²) < 4.78 is 61.7. The van der Waals surface area contributed by atoms with Crippen LogP contribution in [0.1, 0.15) is 205 Å². The van der Waals surface area contributed by atoms with Crippen molar-refractivity contribution < 1.29 is 16.8 Å². The molecule has 2 atom stereocenters. The van der Waals surface area contributed by atoms with E-state index in [1.807, 2.05) is 38.1 Å². The Morgan fingerprint density at radius 3 is 0.938 bits per heavy atom. The molecule has 3 rings (SSSR count). The number of rotatable bonds is 38. The summed E-state index contributed by atoms with van der Waals surface area (Å²) in [5.74, 6) is 0. The highest BCUT2D eigenvalue weighted by Gasteiger charge is 2.52. The van der Waals surface area contributed by atoms with Gasteiger partial charge in [-0.25, -0.2) is 16.8 Å². The summed E-state index contributed by atoms with van der Waals surface area (Å²) in [6.07, 6.45) is 42.1. The van der Waals surface area contributed by atoms with Gasteiger partial charge in [0.05, 0.1) is 21.9 Å². The van der Waals surface area contributed by atoms with Crippen LogP contribution in [0.3, 0.4) is 0 Å². The first-order chi connectivity index (χ1) is 31.0. The molecule has 0 amide bonds. The zero-order valence-corrected chi connectivity index (χ0v) is 42.7. The van der Waals surface area contributed by atoms with Gasteiger partial charge in [-0.1, -0.05) is 202 Å². The normalized spacial score (nSPS) is 16.0. The van der Waals surface area contributed by atoms with Crippen molar-refractivity contribution in [3.63, 3.8) is 0 Å². The first-order valence-corrected chi connectivity index (χ1v) is 28.7. The van der Waals surface area contributed by atoms with Crippen molar-refractivity contribution in [1.82, 2.24) is 8.61 Å². The molecule has 360 valence electrons. The smallest absolute Gasteiger partial charge is 0.207 e. The third-order valence-electron chi connectivity index (χ3n) is 13.1. The summed E-state index contributed by atoms with van der Waals surface area (Å²) in [5.41, 5.74) is 3.14. The summed E-state index contributed by atoms with van der Waals surface area (Å²) in [7, 11) is -7.98. The molecule has 8 heteroatoms. The van der Waals surface area contributed by atoms with Crippen LogP contribution in [0, 0.1) is 13.8 Å². The van der Waals surface area contributed by atoms with E-state index in [-0.39, 0.29) is 22.9 Å². The Balaban J connectivity index is 1.63. The summed E-state index contributed by atoms with van der Waals surface area (Å²) in [6, 6.07) is 12.5. The molecule has 0 aliphatic heterocycles. The molecule has 0 unspecified atom stereocenters. The molecule has 2 aromatic rings. The highest BCUT2D eigenvalue weighted by molar-refractivity contribution is 7.89. The first-order valence-electron chi connectivity index (χ1n) is 25.8. The highest BCUT2D eigenvalue weighted by Crippen LogP contribution is 2.43. The van der Waals surface area contributed by atoms with E-state index in [0.717, 1.165) is 75.3 Å². The molecule has 1 aliphatic carbocycles. The molecular formula is C56H90N2O4S2. The van der Waals surface area contributed by atoms with Gasteiger partial charge in [-0.3, -0.25) is 0 Å². The van der Waals surface area contributed by atoms with Crippen molar-refractivity contribution in [3.05, 3.63) is 108 Å². The van der Waals surface area contributed by atoms with E-state index in [4.69, 9.17) is 0 Å². The molecule has 1 saturated carbocycles. The van der Waals surface area contributed by atoms with Crippen LogP contribution in [0.4, 0.5) is 0 Å².